The molecule has 0 saturated carbocycles. The zero-order chi connectivity index (χ0) is 18.6. The van der Waals surface area contributed by atoms with E-state index in [1.807, 2.05) is 81.4 Å². The number of aryl methyl sites for hydroxylation is 1. The van der Waals surface area contributed by atoms with Crippen molar-refractivity contribution in [3.05, 3.63) is 72.0 Å². The number of benzene rings is 2. The molecule has 0 aliphatic rings. The van der Waals surface area contributed by atoms with E-state index in [9.17, 15) is 4.79 Å². The Morgan fingerprint density at radius 1 is 1.08 bits per heavy atom. The van der Waals surface area contributed by atoms with Gasteiger partial charge in [0.25, 0.3) is 0 Å². The highest BCUT2D eigenvalue weighted by molar-refractivity contribution is 5.88. The Hall–Kier alpha value is -3.08. The molecule has 0 spiro atoms. The third-order valence-electron chi connectivity index (χ3n) is 4.13. The summed E-state index contributed by atoms with van der Waals surface area (Å²) in [6.07, 6.45) is 0. The van der Waals surface area contributed by atoms with Crippen LogP contribution in [0.3, 0.4) is 0 Å². The van der Waals surface area contributed by atoms with E-state index in [-0.39, 0.29) is 12.5 Å². The molecule has 0 bridgehead atoms. The molecule has 134 valence electrons. The first kappa shape index (κ1) is 17.7. The molecule has 0 aliphatic heterocycles. The quantitative estimate of drug-likeness (QED) is 0.701. The first-order chi connectivity index (χ1) is 12.4. The molecule has 0 radical (unpaired) electrons. The van der Waals surface area contributed by atoms with Gasteiger partial charge in [0.1, 0.15) is 11.2 Å². The molecule has 0 aliphatic carbocycles. The van der Waals surface area contributed by atoms with E-state index < -0.39 is 5.54 Å². The fourth-order valence-corrected chi connectivity index (χ4v) is 2.58. The average molecular weight is 349 g/mol. The number of rotatable bonds is 6. The third kappa shape index (κ3) is 4.30. The van der Waals surface area contributed by atoms with Crippen molar-refractivity contribution < 1.29 is 9.32 Å². The van der Waals surface area contributed by atoms with Crippen LogP contribution in [0, 0.1) is 6.92 Å². The lowest BCUT2D eigenvalue weighted by Gasteiger charge is -2.26. The summed E-state index contributed by atoms with van der Waals surface area (Å²) >= 11 is 0. The van der Waals surface area contributed by atoms with E-state index in [4.69, 9.17) is 4.52 Å². The van der Waals surface area contributed by atoms with Crippen LogP contribution in [0.15, 0.2) is 65.2 Å². The summed E-state index contributed by atoms with van der Waals surface area (Å²) in [7, 11) is 0. The highest BCUT2D eigenvalue weighted by Gasteiger charge is 2.27. The number of hydrogen-bond donors (Lipinski definition) is 2. The zero-order valence-corrected chi connectivity index (χ0v) is 15.2. The fraction of sp³-hybridized carbons (Fsp3) is 0.238. The van der Waals surface area contributed by atoms with Gasteiger partial charge in [-0.3, -0.25) is 4.79 Å². The highest BCUT2D eigenvalue weighted by atomic mass is 16.5. The maximum atomic E-state index is 12.6. The third-order valence-corrected chi connectivity index (χ3v) is 4.13. The molecule has 26 heavy (non-hydrogen) atoms. The average Bonchev–Trinajstić information content (AvgIpc) is 3.11. The molecule has 1 aromatic heterocycles. The Morgan fingerprint density at radius 2 is 1.77 bits per heavy atom. The van der Waals surface area contributed by atoms with Crippen molar-refractivity contribution in [1.82, 2.24) is 10.5 Å². The molecule has 2 aromatic carbocycles. The van der Waals surface area contributed by atoms with E-state index in [1.54, 1.807) is 0 Å². The lowest BCUT2D eigenvalue weighted by atomic mass is 10.0. The minimum Gasteiger partial charge on any atom is -0.372 e. The SMILES string of the molecule is Cc1ccc(NC(C)(C)C(=O)NCc2cc(-c3ccccc3)no2)cc1. The fourth-order valence-electron chi connectivity index (χ4n) is 2.58. The van der Waals surface area contributed by atoms with Crippen LogP contribution in [0.4, 0.5) is 5.69 Å². The van der Waals surface area contributed by atoms with Crippen molar-refractivity contribution >= 4 is 11.6 Å². The van der Waals surface area contributed by atoms with Crippen molar-refractivity contribution in [3.63, 3.8) is 0 Å². The van der Waals surface area contributed by atoms with Crippen molar-refractivity contribution in [2.24, 2.45) is 0 Å². The number of hydrogen-bond acceptors (Lipinski definition) is 4. The number of carbonyl (C=O) groups is 1. The molecule has 3 aromatic rings. The van der Waals surface area contributed by atoms with Crippen LogP contribution >= 0.6 is 0 Å². The van der Waals surface area contributed by atoms with Crippen LogP contribution in [0.1, 0.15) is 25.2 Å². The topological polar surface area (TPSA) is 67.2 Å². The summed E-state index contributed by atoms with van der Waals surface area (Å²) < 4.78 is 5.33. The van der Waals surface area contributed by atoms with Gasteiger partial charge < -0.3 is 15.2 Å². The molecule has 1 heterocycles. The Labute approximate surface area is 153 Å². The lowest BCUT2D eigenvalue weighted by Crippen LogP contribution is -2.47. The maximum absolute atomic E-state index is 12.6. The molecule has 5 nitrogen and oxygen atoms in total. The molecule has 1 amide bonds. The van der Waals surface area contributed by atoms with E-state index in [1.165, 1.54) is 5.56 Å². The largest absolute Gasteiger partial charge is 0.372 e. The number of carbonyl (C=O) groups excluding carboxylic acids is 1. The molecule has 3 rings (SSSR count). The number of aromatic nitrogens is 1. The molecule has 0 fully saturated rings. The first-order valence-corrected chi connectivity index (χ1v) is 8.58. The smallest absolute Gasteiger partial charge is 0.245 e. The number of amides is 1. The van der Waals surface area contributed by atoms with Crippen LogP contribution in [0.25, 0.3) is 11.3 Å². The monoisotopic (exact) mass is 349 g/mol. The van der Waals surface area contributed by atoms with Crippen molar-refractivity contribution in [3.8, 4) is 11.3 Å². The summed E-state index contributed by atoms with van der Waals surface area (Å²) in [5, 5.41) is 10.2. The van der Waals surface area contributed by atoms with Gasteiger partial charge in [-0.05, 0) is 32.9 Å². The zero-order valence-electron chi connectivity index (χ0n) is 15.2. The molecule has 0 saturated heterocycles. The van der Waals surface area contributed by atoms with Crippen molar-refractivity contribution in [2.75, 3.05) is 5.32 Å². The number of anilines is 1. The Morgan fingerprint density at radius 3 is 2.46 bits per heavy atom. The molecule has 5 heteroatoms. The van der Waals surface area contributed by atoms with Gasteiger partial charge in [-0.1, -0.05) is 53.2 Å². The van der Waals surface area contributed by atoms with Gasteiger partial charge >= 0.3 is 0 Å². The minimum absolute atomic E-state index is 0.115. The summed E-state index contributed by atoms with van der Waals surface area (Å²) in [5.74, 6) is 0.499. The maximum Gasteiger partial charge on any atom is 0.245 e. The lowest BCUT2D eigenvalue weighted by molar-refractivity contribution is -0.124. The summed E-state index contributed by atoms with van der Waals surface area (Å²) in [4.78, 5) is 12.6. The van der Waals surface area contributed by atoms with Crippen LogP contribution in [-0.2, 0) is 11.3 Å². The standard InChI is InChI=1S/C21H23N3O2/c1-15-9-11-17(12-10-15)23-21(2,3)20(25)22-14-18-13-19(24-26-18)16-7-5-4-6-8-16/h4-13,23H,14H2,1-3H3,(H,22,25). The Balaban J connectivity index is 1.59. The minimum atomic E-state index is -0.752. The van der Waals surface area contributed by atoms with Crippen LogP contribution in [-0.4, -0.2) is 16.6 Å². The summed E-state index contributed by atoms with van der Waals surface area (Å²) in [6.45, 7) is 6.01. The molecule has 0 atom stereocenters. The second-order valence-electron chi connectivity index (χ2n) is 6.84. The van der Waals surface area contributed by atoms with Crippen molar-refractivity contribution in [2.45, 2.75) is 32.9 Å². The first-order valence-electron chi connectivity index (χ1n) is 8.58. The summed E-state index contributed by atoms with van der Waals surface area (Å²) in [6, 6.07) is 19.6. The molecule has 2 N–H and O–H groups in total. The van der Waals surface area contributed by atoms with E-state index >= 15 is 0 Å². The molecular formula is C21H23N3O2. The van der Waals surface area contributed by atoms with E-state index in [0.29, 0.717) is 5.76 Å². The van der Waals surface area contributed by atoms with Gasteiger partial charge in [0.2, 0.25) is 5.91 Å². The van der Waals surface area contributed by atoms with Gasteiger partial charge in [-0.2, -0.15) is 0 Å². The van der Waals surface area contributed by atoms with Crippen LogP contribution in [0.2, 0.25) is 0 Å². The second-order valence-corrected chi connectivity index (χ2v) is 6.84. The summed E-state index contributed by atoms with van der Waals surface area (Å²) in [5.41, 5.74) is 3.07. The van der Waals surface area contributed by atoms with Gasteiger partial charge in [0, 0.05) is 17.3 Å². The van der Waals surface area contributed by atoms with Gasteiger partial charge in [-0.15, -0.1) is 0 Å². The van der Waals surface area contributed by atoms with Crippen LogP contribution in [0.5, 0.6) is 0 Å². The number of nitrogens with zero attached hydrogens (tertiary/aromatic N) is 1. The molecular weight excluding hydrogens is 326 g/mol. The van der Waals surface area contributed by atoms with Gasteiger partial charge in [-0.25, -0.2) is 0 Å². The van der Waals surface area contributed by atoms with Gasteiger partial charge in [0.15, 0.2) is 5.76 Å². The highest BCUT2D eigenvalue weighted by Crippen LogP contribution is 2.19. The predicted octanol–water partition coefficient (Wildman–Crippen LogP) is 4.16. The van der Waals surface area contributed by atoms with Gasteiger partial charge in [0.05, 0.1) is 6.54 Å². The normalized spacial score (nSPS) is 11.2. The Bertz CT molecular complexity index is 868. The van der Waals surface area contributed by atoms with Crippen molar-refractivity contribution in [1.29, 1.82) is 0 Å². The predicted molar refractivity (Wildman–Crippen MR) is 103 cm³/mol. The van der Waals surface area contributed by atoms with E-state index in [2.05, 4.69) is 15.8 Å². The van der Waals surface area contributed by atoms with Crippen LogP contribution < -0.4 is 10.6 Å². The van der Waals surface area contributed by atoms with E-state index in [0.717, 1.165) is 16.9 Å². The Kier molecular flexibility index (Phi) is 5.07. The number of nitrogens with one attached hydrogen (secondary N) is 2. The second kappa shape index (κ2) is 7.44. The molecule has 0 unspecified atom stereocenters.